The highest BCUT2D eigenvalue weighted by atomic mass is 19.4. The molecule has 0 aromatic heterocycles. The number of carbonyl (C=O) groups excluding carboxylic acids is 3. The van der Waals surface area contributed by atoms with Gasteiger partial charge in [0.2, 0.25) is 17.7 Å². The van der Waals surface area contributed by atoms with E-state index in [2.05, 4.69) is 5.32 Å². The Balaban J connectivity index is 1.28. The molecule has 0 bridgehead atoms. The fraction of sp³-hybridized carbons (Fsp3) is 0.483. The van der Waals surface area contributed by atoms with Gasteiger partial charge in [-0.15, -0.1) is 0 Å². The summed E-state index contributed by atoms with van der Waals surface area (Å²) < 4.78 is 67.6. The third kappa shape index (κ3) is 7.03. The molecular weight excluding hydrogens is 547 g/mol. The van der Waals surface area contributed by atoms with Crippen LogP contribution in [0.15, 0.2) is 48.5 Å². The number of nitrogens with one attached hydrogen (secondary N) is 1. The SMILES string of the molecule is O=C(N[C@@H](c1ccccc1)c1ccc(C2CC2)c(F)c1)[C@@H]1C[C@@H](F)CN1C(=O)CN1CCN(CC(F)(F)F)CC1=O. The second-order valence-electron chi connectivity index (χ2n) is 10.9. The largest absolute Gasteiger partial charge is 0.401 e. The first kappa shape index (κ1) is 29.0. The molecule has 1 N–H and O–H groups in total. The second-order valence-corrected chi connectivity index (χ2v) is 10.9. The average Bonchev–Trinajstić information content (AvgIpc) is 3.68. The van der Waals surface area contributed by atoms with Crippen LogP contribution < -0.4 is 5.32 Å². The second kappa shape index (κ2) is 11.8. The Hall–Kier alpha value is -3.54. The molecule has 41 heavy (non-hydrogen) atoms. The fourth-order valence-corrected chi connectivity index (χ4v) is 5.57. The van der Waals surface area contributed by atoms with Crippen molar-refractivity contribution in [2.24, 2.45) is 0 Å². The van der Waals surface area contributed by atoms with E-state index in [1.165, 1.54) is 6.07 Å². The lowest BCUT2D eigenvalue weighted by molar-refractivity contribution is -0.159. The Morgan fingerprint density at radius 1 is 1.02 bits per heavy atom. The van der Waals surface area contributed by atoms with Gasteiger partial charge in [-0.05, 0) is 41.5 Å². The van der Waals surface area contributed by atoms with Gasteiger partial charge in [-0.1, -0.05) is 42.5 Å². The van der Waals surface area contributed by atoms with Crippen LogP contribution in [-0.4, -0.2) is 90.1 Å². The summed E-state index contributed by atoms with van der Waals surface area (Å²) in [6.07, 6.45) is -4.31. The van der Waals surface area contributed by atoms with Crippen molar-refractivity contribution in [2.75, 3.05) is 39.3 Å². The van der Waals surface area contributed by atoms with Crippen LogP contribution in [0.5, 0.6) is 0 Å². The normalized spacial score (nSPS) is 22.6. The highest BCUT2D eigenvalue weighted by Crippen LogP contribution is 2.42. The van der Waals surface area contributed by atoms with Crippen molar-refractivity contribution >= 4 is 17.7 Å². The summed E-state index contributed by atoms with van der Waals surface area (Å²) in [5, 5.41) is 2.87. The van der Waals surface area contributed by atoms with E-state index in [1.54, 1.807) is 42.5 Å². The summed E-state index contributed by atoms with van der Waals surface area (Å²) in [6, 6.07) is 11.9. The van der Waals surface area contributed by atoms with Crippen LogP contribution in [0.2, 0.25) is 0 Å². The Kier molecular flexibility index (Phi) is 8.30. The maximum Gasteiger partial charge on any atom is 0.401 e. The number of carbonyl (C=O) groups is 3. The number of halogens is 5. The minimum atomic E-state index is -4.45. The molecule has 12 heteroatoms. The van der Waals surface area contributed by atoms with Crippen molar-refractivity contribution in [3.8, 4) is 0 Å². The first-order valence-corrected chi connectivity index (χ1v) is 13.6. The molecule has 5 rings (SSSR count). The van der Waals surface area contributed by atoms with Crippen molar-refractivity contribution < 1.29 is 36.3 Å². The molecule has 1 aliphatic carbocycles. The van der Waals surface area contributed by atoms with Crippen LogP contribution in [0.25, 0.3) is 0 Å². The van der Waals surface area contributed by atoms with Gasteiger partial charge in [0.25, 0.3) is 0 Å². The minimum Gasteiger partial charge on any atom is -0.343 e. The zero-order valence-corrected chi connectivity index (χ0v) is 22.2. The Labute approximate surface area is 234 Å². The topological polar surface area (TPSA) is 73.0 Å². The van der Waals surface area contributed by atoms with Crippen LogP contribution in [0, 0.1) is 5.82 Å². The molecule has 7 nitrogen and oxygen atoms in total. The third-order valence-electron chi connectivity index (χ3n) is 7.79. The number of piperazine rings is 1. The average molecular weight is 579 g/mol. The van der Waals surface area contributed by atoms with Gasteiger partial charge in [0, 0.05) is 19.5 Å². The number of amides is 3. The Bertz CT molecular complexity index is 1290. The number of rotatable bonds is 8. The molecule has 2 saturated heterocycles. The van der Waals surface area contributed by atoms with Gasteiger partial charge in [0.05, 0.1) is 32.2 Å². The zero-order valence-electron chi connectivity index (χ0n) is 22.2. The van der Waals surface area contributed by atoms with Gasteiger partial charge in [-0.25, -0.2) is 8.78 Å². The van der Waals surface area contributed by atoms with Gasteiger partial charge in [-0.3, -0.25) is 19.3 Å². The molecule has 0 unspecified atom stereocenters. The minimum absolute atomic E-state index is 0.0664. The lowest BCUT2D eigenvalue weighted by Gasteiger charge is -2.35. The van der Waals surface area contributed by atoms with Crippen molar-refractivity contribution in [3.05, 3.63) is 71.0 Å². The van der Waals surface area contributed by atoms with Gasteiger partial charge >= 0.3 is 6.18 Å². The predicted molar refractivity (Wildman–Crippen MR) is 139 cm³/mol. The molecule has 2 aromatic rings. The molecule has 2 aliphatic heterocycles. The first-order valence-electron chi connectivity index (χ1n) is 13.6. The van der Waals surface area contributed by atoms with Crippen molar-refractivity contribution in [2.45, 2.75) is 49.6 Å². The highest BCUT2D eigenvalue weighted by molar-refractivity contribution is 5.91. The summed E-state index contributed by atoms with van der Waals surface area (Å²) in [7, 11) is 0. The summed E-state index contributed by atoms with van der Waals surface area (Å²) >= 11 is 0. The predicted octanol–water partition coefficient (Wildman–Crippen LogP) is 3.55. The Morgan fingerprint density at radius 2 is 1.76 bits per heavy atom. The molecular formula is C29H31F5N4O3. The van der Waals surface area contributed by atoms with E-state index < -0.39 is 61.8 Å². The molecule has 1 saturated carbocycles. The van der Waals surface area contributed by atoms with Crippen LogP contribution >= 0.6 is 0 Å². The van der Waals surface area contributed by atoms with Gasteiger partial charge < -0.3 is 15.1 Å². The molecule has 3 atom stereocenters. The lowest BCUT2D eigenvalue weighted by Crippen LogP contribution is -2.56. The first-order chi connectivity index (χ1) is 19.5. The van der Waals surface area contributed by atoms with E-state index in [0.717, 1.165) is 27.5 Å². The van der Waals surface area contributed by atoms with E-state index in [0.29, 0.717) is 16.7 Å². The number of alkyl halides is 4. The standard InChI is InChI=1S/C29H31F5N4O3/c30-21-13-24(38(14-21)26(40)16-37-11-10-36(15-25(37)39)17-29(32,33)34)28(41)35-27(19-4-2-1-3-5-19)20-8-9-22(18-6-7-18)23(31)12-20/h1-5,8-9,12,18,21,24,27H,6-7,10-11,13-17H2,(H,35,41)/t21-,24+,27+/m1/s1. The molecule has 220 valence electrons. The van der Waals surface area contributed by atoms with Gasteiger partial charge in [0.15, 0.2) is 0 Å². The quantitative estimate of drug-likeness (QED) is 0.487. The van der Waals surface area contributed by atoms with E-state index in [-0.39, 0.29) is 37.8 Å². The molecule has 3 aliphatic rings. The van der Waals surface area contributed by atoms with Crippen LogP contribution in [0.3, 0.4) is 0 Å². The number of hydrogen-bond acceptors (Lipinski definition) is 4. The number of likely N-dealkylation sites (tertiary alicyclic amines) is 1. The molecule has 3 amide bonds. The summed E-state index contributed by atoms with van der Waals surface area (Å²) in [4.78, 5) is 42.3. The smallest absolute Gasteiger partial charge is 0.343 e. The number of hydrogen-bond donors (Lipinski definition) is 1. The van der Waals surface area contributed by atoms with E-state index in [9.17, 15) is 36.3 Å². The van der Waals surface area contributed by atoms with Gasteiger partial charge in [-0.2, -0.15) is 13.2 Å². The van der Waals surface area contributed by atoms with Crippen LogP contribution in [0.4, 0.5) is 22.0 Å². The molecule has 2 aromatic carbocycles. The zero-order chi connectivity index (χ0) is 29.3. The lowest BCUT2D eigenvalue weighted by atomic mass is 9.96. The van der Waals surface area contributed by atoms with Crippen molar-refractivity contribution in [1.82, 2.24) is 20.0 Å². The number of benzene rings is 2. The summed E-state index contributed by atoms with van der Waals surface area (Å²) in [5.74, 6) is -2.10. The highest BCUT2D eigenvalue weighted by Gasteiger charge is 2.42. The maximum atomic E-state index is 14.9. The van der Waals surface area contributed by atoms with Crippen molar-refractivity contribution in [3.63, 3.8) is 0 Å². The fourth-order valence-electron chi connectivity index (χ4n) is 5.57. The van der Waals surface area contributed by atoms with Crippen LogP contribution in [-0.2, 0) is 14.4 Å². The van der Waals surface area contributed by atoms with Crippen molar-refractivity contribution in [1.29, 1.82) is 0 Å². The third-order valence-corrected chi connectivity index (χ3v) is 7.79. The van der Waals surface area contributed by atoms with Gasteiger partial charge in [0.1, 0.15) is 18.0 Å². The van der Waals surface area contributed by atoms with Crippen LogP contribution in [0.1, 0.15) is 47.9 Å². The monoisotopic (exact) mass is 578 g/mol. The van der Waals surface area contributed by atoms with E-state index >= 15 is 0 Å². The summed E-state index contributed by atoms with van der Waals surface area (Å²) in [5.41, 5.74) is 1.81. The molecule has 2 heterocycles. The molecule has 0 radical (unpaired) electrons. The molecule has 0 spiro atoms. The number of nitrogens with zero attached hydrogens (tertiary/aromatic N) is 3. The van der Waals surface area contributed by atoms with E-state index in [4.69, 9.17) is 0 Å². The Morgan fingerprint density at radius 3 is 2.39 bits per heavy atom. The van der Waals surface area contributed by atoms with E-state index in [1.807, 2.05) is 0 Å². The molecule has 3 fully saturated rings. The summed E-state index contributed by atoms with van der Waals surface area (Å²) in [6.45, 7) is -2.69. The maximum absolute atomic E-state index is 14.9.